The molecular formula is C4H4N4OS. The third-order valence-electron chi connectivity index (χ3n) is 1.00. The van der Waals surface area contributed by atoms with Crippen LogP contribution in [-0.4, -0.2) is 22.3 Å². The maximum Gasteiger partial charge on any atom is 0.223 e. The monoisotopic (exact) mass is 156 g/mol. The molecule has 52 valence electrons. The molecule has 2 heterocycles. The van der Waals surface area contributed by atoms with E-state index in [-0.39, 0.29) is 0 Å². The molecule has 10 heavy (non-hydrogen) atoms. The number of hydrogen-bond acceptors (Lipinski definition) is 6. The number of rotatable bonds is 1. The lowest BCUT2D eigenvalue weighted by Gasteiger charge is -2.03. The van der Waals surface area contributed by atoms with Crippen LogP contribution in [0.1, 0.15) is 0 Å². The van der Waals surface area contributed by atoms with E-state index >= 15 is 0 Å². The highest BCUT2D eigenvalue weighted by Gasteiger charge is 2.12. The molecule has 1 aliphatic heterocycles. The predicted molar refractivity (Wildman–Crippen MR) is 37.7 cm³/mol. The van der Waals surface area contributed by atoms with E-state index in [4.69, 9.17) is 0 Å². The largest absolute Gasteiger partial charge is 0.343 e. The average Bonchev–Trinajstić information content (AvgIpc) is 2.59. The second-order valence-electron chi connectivity index (χ2n) is 1.63. The summed E-state index contributed by atoms with van der Waals surface area (Å²) in [6, 6.07) is 0. The minimum atomic E-state index is 0.638. The van der Waals surface area contributed by atoms with E-state index in [9.17, 15) is 0 Å². The zero-order chi connectivity index (χ0) is 6.81. The van der Waals surface area contributed by atoms with Crippen molar-refractivity contribution in [1.29, 1.82) is 0 Å². The Morgan fingerprint density at radius 1 is 1.70 bits per heavy atom. The third-order valence-corrected chi connectivity index (χ3v) is 1.83. The van der Waals surface area contributed by atoms with Gasteiger partial charge in [0.25, 0.3) is 0 Å². The predicted octanol–water partition coefficient (Wildman–Crippen LogP) is 0.524. The van der Waals surface area contributed by atoms with Crippen LogP contribution in [0.15, 0.2) is 15.9 Å². The molecule has 0 bridgehead atoms. The van der Waals surface area contributed by atoms with Crippen LogP contribution in [0.3, 0.4) is 0 Å². The normalized spacial score (nSPS) is 16.6. The van der Waals surface area contributed by atoms with E-state index in [1.54, 1.807) is 22.6 Å². The molecule has 0 aromatic carbocycles. The van der Waals surface area contributed by atoms with E-state index in [1.807, 2.05) is 0 Å². The Kier molecular flexibility index (Phi) is 1.31. The van der Waals surface area contributed by atoms with Crippen LogP contribution < -0.4 is 4.41 Å². The van der Waals surface area contributed by atoms with Crippen LogP contribution in [0.25, 0.3) is 0 Å². The fourth-order valence-electron chi connectivity index (χ4n) is 0.613. The van der Waals surface area contributed by atoms with Crippen molar-refractivity contribution < 1.29 is 4.52 Å². The van der Waals surface area contributed by atoms with Gasteiger partial charge in [0.15, 0.2) is 6.26 Å². The Labute approximate surface area is 61.2 Å². The molecule has 0 radical (unpaired) electrons. The van der Waals surface area contributed by atoms with Gasteiger partial charge in [-0.3, -0.25) is 0 Å². The van der Waals surface area contributed by atoms with E-state index in [0.717, 1.165) is 5.75 Å². The summed E-state index contributed by atoms with van der Waals surface area (Å²) in [5.41, 5.74) is 0. The molecule has 2 rings (SSSR count). The molecule has 0 unspecified atom stereocenters. The Morgan fingerprint density at radius 3 is 3.30 bits per heavy atom. The smallest absolute Gasteiger partial charge is 0.223 e. The van der Waals surface area contributed by atoms with Gasteiger partial charge in [-0.25, -0.2) is 0 Å². The van der Waals surface area contributed by atoms with Gasteiger partial charge in [0.05, 0.1) is 5.75 Å². The minimum Gasteiger partial charge on any atom is -0.343 e. The van der Waals surface area contributed by atoms with Gasteiger partial charge >= 0.3 is 0 Å². The molecule has 0 saturated heterocycles. The molecule has 1 aliphatic rings. The third kappa shape index (κ3) is 0.860. The number of hydrazone groups is 1. The van der Waals surface area contributed by atoms with Crippen LogP contribution in [0.5, 0.6) is 0 Å². The van der Waals surface area contributed by atoms with Crippen molar-refractivity contribution in [2.45, 2.75) is 0 Å². The van der Waals surface area contributed by atoms with E-state index < -0.39 is 0 Å². The van der Waals surface area contributed by atoms with Crippen molar-refractivity contribution in [3.63, 3.8) is 0 Å². The van der Waals surface area contributed by atoms with E-state index in [0.29, 0.717) is 5.82 Å². The SMILES string of the molecule is C1=NN(c2conn2)SC1. The van der Waals surface area contributed by atoms with Crippen LogP contribution in [0, 0.1) is 0 Å². The Hall–Kier alpha value is -1.04. The first-order chi connectivity index (χ1) is 4.97. The van der Waals surface area contributed by atoms with Crippen molar-refractivity contribution in [3.8, 4) is 0 Å². The molecule has 0 fully saturated rings. The van der Waals surface area contributed by atoms with Crippen molar-refractivity contribution in [1.82, 2.24) is 10.4 Å². The fourth-order valence-corrected chi connectivity index (χ4v) is 1.23. The first-order valence-electron chi connectivity index (χ1n) is 2.69. The summed E-state index contributed by atoms with van der Waals surface area (Å²) in [5, 5.41) is 11.0. The van der Waals surface area contributed by atoms with E-state index in [1.165, 1.54) is 6.26 Å². The lowest BCUT2D eigenvalue weighted by Crippen LogP contribution is -2.00. The molecule has 0 atom stereocenters. The molecular weight excluding hydrogens is 152 g/mol. The second kappa shape index (κ2) is 2.30. The molecule has 0 aliphatic carbocycles. The first kappa shape index (κ1) is 5.72. The standard InChI is InChI=1S/C4H4N4OS/c1-2-10-8(5-1)4-3-9-7-6-4/h1,3H,2H2. The molecule has 1 aromatic rings. The minimum absolute atomic E-state index is 0.638. The Bertz CT molecular complexity index is 233. The van der Waals surface area contributed by atoms with Gasteiger partial charge in [0.1, 0.15) is 0 Å². The van der Waals surface area contributed by atoms with Gasteiger partial charge in [-0.2, -0.15) is 9.52 Å². The summed E-state index contributed by atoms with van der Waals surface area (Å²) >= 11 is 1.55. The first-order valence-corrected chi connectivity index (χ1v) is 3.63. The molecule has 1 aromatic heterocycles. The van der Waals surface area contributed by atoms with Crippen LogP contribution in [-0.2, 0) is 0 Å². The highest BCUT2D eigenvalue weighted by Crippen LogP contribution is 2.22. The number of anilines is 1. The summed E-state index contributed by atoms with van der Waals surface area (Å²) in [6.07, 6.45) is 3.26. The molecule has 6 heteroatoms. The quantitative estimate of drug-likeness (QED) is 0.555. The number of aromatic nitrogens is 2. The van der Waals surface area contributed by atoms with Gasteiger partial charge < -0.3 is 4.52 Å². The van der Waals surface area contributed by atoms with Gasteiger partial charge in [-0.05, 0) is 11.9 Å². The van der Waals surface area contributed by atoms with Crippen LogP contribution in [0.4, 0.5) is 5.82 Å². The van der Waals surface area contributed by atoms with Gasteiger partial charge in [-0.15, -0.1) is 0 Å². The number of nitrogens with zero attached hydrogens (tertiary/aromatic N) is 4. The lowest BCUT2D eigenvalue weighted by atomic mass is 10.8. The van der Waals surface area contributed by atoms with Gasteiger partial charge in [-0.1, -0.05) is 5.10 Å². The maximum atomic E-state index is 4.54. The van der Waals surface area contributed by atoms with Crippen molar-refractivity contribution >= 4 is 24.0 Å². The van der Waals surface area contributed by atoms with Crippen LogP contribution in [0.2, 0.25) is 0 Å². The average molecular weight is 156 g/mol. The van der Waals surface area contributed by atoms with Gasteiger partial charge in [0.2, 0.25) is 5.82 Å². The van der Waals surface area contributed by atoms with Crippen molar-refractivity contribution in [3.05, 3.63) is 6.26 Å². The highest BCUT2D eigenvalue weighted by atomic mass is 32.2. The van der Waals surface area contributed by atoms with Crippen molar-refractivity contribution in [2.24, 2.45) is 5.10 Å². The zero-order valence-electron chi connectivity index (χ0n) is 4.97. The summed E-state index contributed by atoms with van der Waals surface area (Å²) in [4.78, 5) is 0. The molecule has 0 saturated carbocycles. The molecule has 0 N–H and O–H groups in total. The second-order valence-corrected chi connectivity index (χ2v) is 2.57. The van der Waals surface area contributed by atoms with E-state index in [2.05, 4.69) is 20.0 Å². The van der Waals surface area contributed by atoms with Crippen molar-refractivity contribution in [2.75, 3.05) is 10.2 Å². The maximum absolute atomic E-state index is 4.54. The Morgan fingerprint density at radius 2 is 2.70 bits per heavy atom. The summed E-state index contributed by atoms with van der Waals surface area (Å²) in [6.45, 7) is 0. The highest BCUT2D eigenvalue weighted by molar-refractivity contribution is 8.01. The summed E-state index contributed by atoms with van der Waals surface area (Å²) in [5.74, 6) is 1.52. The summed E-state index contributed by atoms with van der Waals surface area (Å²) < 4.78 is 6.20. The summed E-state index contributed by atoms with van der Waals surface area (Å²) in [7, 11) is 0. The molecule has 0 amide bonds. The zero-order valence-corrected chi connectivity index (χ0v) is 5.78. The Balaban J connectivity index is 2.20. The number of hydrogen-bond donors (Lipinski definition) is 0. The lowest BCUT2D eigenvalue weighted by molar-refractivity contribution is 0.393. The topological polar surface area (TPSA) is 54.5 Å². The van der Waals surface area contributed by atoms with Crippen LogP contribution >= 0.6 is 11.9 Å². The molecule has 5 nitrogen and oxygen atoms in total. The fraction of sp³-hybridized carbons (Fsp3) is 0.250. The molecule has 0 spiro atoms. The van der Waals surface area contributed by atoms with Gasteiger partial charge in [0, 0.05) is 11.5 Å².